The van der Waals surface area contributed by atoms with Crippen LogP contribution in [0.1, 0.15) is 36.5 Å². The number of rotatable bonds is 5. The molecule has 1 aromatic carbocycles. The van der Waals surface area contributed by atoms with Crippen LogP contribution >= 0.6 is 0 Å². The van der Waals surface area contributed by atoms with E-state index in [0.717, 1.165) is 19.3 Å². The van der Waals surface area contributed by atoms with Gasteiger partial charge in [0.25, 0.3) is 0 Å². The van der Waals surface area contributed by atoms with E-state index in [-0.39, 0.29) is 22.2 Å². The lowest BCUT2D eigenvalue weighted by molar-refractivity contribution is 0.0692. The van der Waals surface area contributed by atoms with E-state index in [9.17, 15) is 13.2 Å². The second-order valence-electron chi connectivity index (χ2n) is 5.16. The zero-order valence-corrected chi connectivity index (χ0v) is 12.0. The van der Waals surface area contributed by atoms with Crippen molar-refractivity contribution < 1.29 is 18.3 Å². The summed E-state index contributed by atoms with van der Waals surface area (Å²) in [4.78, 5) is 10.9. The predicted molar refractivity (Wildman–Crippen MR) is 74.9 cm³/mol. The molecule has 1 aliphatic carbocycles. The molecule has 1 saturated carbocycles. The van der Waals surface area contributed by atoms with Crippen LogP contribution in [0.5, 0.6) is 0 Å². The first-order valence-corrected chi connectivity index (χ1v) is 7.95. The summed E-state index contributed by atoms with van der Waals surface area (Å²) >= 11 is 0. The van der Waals surface area contributed by atoms with Crippen molar-refractivity contribution in [1.29, 1.82) is 0 Å². The highest BCUT2D eigenvalue weighted by Gasteiger charge is 2.30. The molecule has 7 heteroatoms. The van der Waals surface area contributed by atoms with Crippen molar-refractivity contribution in [1.82, 2.24) is 4.72 Å². The normalized spacial score (nSPS) is 17.4. The summed E-state index contributed by atoms with van der Waals surface area (Å²) in [7, 11) is -3.89. The fraction of sp³-hybridized carbons (Fsp3) is 0.462. The summed E-state index contributed by atoms with van der Waals surface area (Å²) in [6.07, 6.45) is 3.09. The lowest BCUT2D eigenvalue weighted by Gasteiger charge is -2.31. The van der Waals surface area contributed by atoms with Gasteiger partial charge in [-0.3, -0.25) is 0 Å². The summed E-state index contributed by atoms with van der Waals surface area (Å²) < 4.78 is 27.2. The highest BCUT2D eigenvalue weighted by Crippen LogP contribution is 2.30. The summed E-state index contributed by atoms with van der Waals surface area (Å²) in [5.74, 6) is -0.971. The van der Waals surface area contributed by atoms with E-state index in [2.05, 4.69) is 4.72 Å². The number of carboxylic acids is 1. The fourth-order valence-corrected chi connectivity index (χ4v) is 3.83. The van der Waals surface area contributed by atoms with Crippen molar-refractivity contribution in [3.63, 3.8) is 0 Å². The minimum Gasteiger partial charge on any atom is -0.478 e. The molecule has 2 rings (SSSR count). The van der Waals surface area contributed by atoms with Gasteiger partial charge in [0.05, 0.1) is 10.5 Å². The summed E-state index contributed by atoms with van der Waals surface area (Å²) in [5, 5.41) is 9.09. The second-order valence-corrected chi connectivity index (χ2v) is 6.84. The predicted octanol–water partition coefficient (Wildman–Crippen LogP) is 1.43. The van der Waals surface area contributed by atoms with Crippen LogP contribution in [0.25, 0.3) is 0 Å². The number of nitrogens with two attached hydrogens (primary N) is 1. The topological polar surface area (TPSA) is 109 Å². The van der Waals surface area contributed by atoms with Crippen molar-refractivity contribution in [3.8, 4) is 0 Å². The van der Waals surface area contributed by atoms with Crippen LogP contribution in [0.15, 0.2) is 23.1 Å². The van der Waals surface area contributed by atoms with E-state index in [1.165, 1.54) is 18.2 Å². The van der Waals surface area contributed by atoms with Crippen LogP contribution in [-0.4, -0.2) is 25.5 Å². The maximum absolute atomic E-state index is 12.3. The molecule has 0 heterocycles. The molecule has 1 aromatic rings. The van der Waals surface area contributed by atoms with E-state index >= 15 is 0 Å². The number of aromatic carboxylic acids is 1. The fourth-order valence-electron chi connectivity index (χ4n) is 2.28. The van der Waals surface area contributed by atoms with Gasteiger partial charge in [-0.25, -0.2) is 17.9 Å². The van der Waals surface area contributed by atoms with Crippen molar-refractivity contribution in [2.24, 2.45) is 5.92 Å². The molecule has 20 heavy (non-hydrogen) atoms. The lowest BCUT2D eigenvalue weighted by atomic mass is 9.81. The molecule has 0 radical (unpaired) electrons. The van der Waals surface area contributed by atoms with Crippen molar-refractivity contribution in [3.05, 3.63) is 23.8 Å². The first kappa shape index (κ1) is 14.8. The Labute approximate surface area is 118 Å². The second kappa shape index (κ2) is 5.41. The molecule has 0 saturated heterocycles. The van der Waals surface area contributed by atoms with Gasteiger partial charge in [0.2, 0.25) is 10.0 Å². The molecule has 0 aliphatic heterocycles. The molecule has 6 nitrogen and oxygen atoms in total. The Morgan fingerprint density at radius 2 is 2.10 bits per heavy atom. The number of anilines is 1. The Kier molecular flexibility index (Phi) is 4.01. The highest BCUT2D eigenvalue weighted by molar-refractivity contribution is 7.89. The minimum atomic E-state index is -3.89. The molecular weight excluding hydrogens is 280 g/mol. The van der Waals surface area contributed by atoms with Gasteiger partial charge in [-0.2, -0.15) is 0 Å². The van der Waals surface area contributed by atoms with Crippen LogP contribution in [-0.2, 0) is 10.0 Å². The van der Waals surface area contributed by atoms with Gasteiger partial charge in [0.15, 0.2) is 0 Å². The molecule has 0 amide bonds. The maximum atomic E-state index is 12.3. The van der Waals surface area contributed by atoms with Crippen LogP contribution in [0.2, 0.25) is 0 Å². The molecule has 0 bridgehead atoms. The minimum absolute atomic E-state index is 0.211. The Morgan fingerprint density at radius 1 is 1.45 bits per heavy atom. The number of nitrogens with one attached hydrogen (secondary N) is 1. The molecule has 110 valence electrons. The zero-order chi connectivity index (χ0) is 14.9. The molecule has 4 N–H and O–H groups in total. The quantitative estimate of drug-likeness (QED) is 0.712. The molecule has 1 fully saturated rings. The number of carboxylic acid groups (broad SMARTS) is 1. The van der Waals surface area contributed by atoms with E-state index in [1.807, 2.05) is 0 Å². The first-order chi connectivity index (χ1) is 9.31. The summed E-state index contributed by atoms with van der Waals surface area (Å²) in [6, 6.07) is 3.55. The number of carbonyl (C=O) groups is 1. The average molecular weight is 298 g/mol. The van der Waals surface area contributed by atoms with Crippen LogP contribution in [0, 0.1) is 5.92 Å². The zero-order valence-electron chi connectivity index (χ0n) is 11.2. The first-order valence-electron chi connectivity index (χ1n) is 6.46. The summed E-state index contributed by atoms with van der Waals surface area (Å²) in [6.45, 7) is 1.80. The van der Waals surface area contributed by atoms with E-state index in [1.54, 1.807) is 6.92 Å². The monoisotopic (exact) mass is 298 g/mol. The van der Waals surface area contributed by atoms with E-state index < -0.39 is 16.0 Å². The Bertz CT molecular complexity index is 623. The van der Waals surface area contributed by atoms with Gasteiger partial charge in [0, 0.05) is 11.7 Å². The molecule has 0 aromatic heterocycles. The number of hydrogen-bond donors (Lipinski definition) is 3. The van der Waals surface area contributed by atoms with Gasteiger partial charge in [-0.05, 0) is 43.9 Å². The Morgan fingerprint density at radius 3 is 2.60 bits per heavy atom. The number of sulfonamides is 1. The maximum Gasteiger partial charge on any atom is 0.337 e. The van der Waals surface area contributed by atoms with Gasteiger partial charge in [0.1, 0.15) is 0 Å². The van der Waals surface area contributed by atoms with E-state index in [4.69, 9.17) is 10.8 Å². The highest BCUT2D eigenvalue weighted by atomic mass is 32.2. The average Bonchev–Trinajstić information content (AvgIpc) is 2.24. The number of nitrogen functional groups attached to an aromatic ring is 1. The van der Waals surface area contributed by atoms with Gasteiger partial charge in [-0.15, -0.1) is 0 Å². The van der Waals surface area contributed by atoms with Crippen LogP contribution < -0.4 is 10.5 Å². The lowest BCUT2D eigenvalue weighted by Crippen LogP contribution is -2.41. The molecule has 1 aliphatic rings. The smallest absolute Gasteiger partial charge is 0.337 e. The Balaban J connectivity index is 2.32. The number of hydrogen-bond acceptors (Lipinski definition) is 4. The third kappa shape index (κ3) is 2.94. The van der Waals surface area contributed by atoms with Gasteiger partial charge >= 0.3 is 5.97 Å². The third-order valence-electron chi connectivity index (χ3n) is 3.72. The van der Waals surface area contributed by atoms with Gasteiger partial charge in [-0.1, -0.05) is 6.42 Å². The SMILES string of the molecule is CC(NS(=O)(=O)c1cc(N)ccc1C(=O)O)C1CCC1. The third-order valence-corrected chi connectivity index (χ3v) is 5.32. The molecular formula is C13H18N2O4S. The van der Waals surface area contributed by atoms with Gasteiger partial charge < -0.3 is 10.8 Å². The standard InChI is InChI=1S/C13H18N2O4S/c1-8(9-3-2-4-9)15-20(18,19)12-7-10(14)5-6-11(12)13(16)17/h5-9,15H,2-4,14H2,1H3,(H,16,17). The number of benzene rings is 1. The van der Waals surface area contributed by atoms with Crippen molar-refractivity contribution in [2.75, 3.05) is 5.73 Å². The van der Waals surface area contributed by atoms with E-state index in [0.29, 0.717) is 5.92 Å². The molecule has 1 atom stereocenters. The largest absolute Gasteiger partial charge is 0.478 e. The summed E-state index contributed by atoms with van der Waals surface area (Å²) in [5.41, 5.74) is 5.51. The Hall–Kier alpha value is -1.60. The van der Waals surface area contributed by atoms with Crippen LogP contribution in [0.3, 0.4) is 0 Å². The molecule has 0 spiro atoms. The van der Waals surface area contributed by atoms with Crippen LogP contribution in [0.4, 0.5) is 5.69 Å². The van der Waals surface area contributed by atoms with Crippen molar-refractivity contribution >= 4 is 21.7 Å². The van der Waals surface area contributed by atoms with Crippen molar-refractivity contribution in [2.45, 2.75) is 37.1 Å². The molecule has 1 unspecified atom stereocenters.